The van der Waals surface area contributed by atoms with Crippen LogP contribution in [0.1, 0.15) is 19.8 Å². The highest BCUT2D eigenvalue weighted by atomic mass is 16.7. The van der Waals surface area contributed by atoms with Gasteiger partial charge < -0.3 is 14.3 Å². The summed E-state index contributed by atoms with van der Waals surface area (Å²) in [5, 5.41) is 0. The van der Waals surface area contributed by atoms with Gasteiger partial charge in [-0.15, -0.1) is 0 Å². The van der Waals surface area contributed by atoms with E-state index >= 15 is 0 Å². The number of carbonyl (C=O) groups is 1. The molecule has 1 saturated heterocycles. The highest BCUT2D eigenvalue weighted by molar-refractivity contribution is 5.50. The molecule has 10 heavy (non-hydrogen) atoms. The normalized spacial score (nSPS) is 22.9. The summed E-state index contributed by atoms with van der Waals surface area (Å²) in [5.74, 6) is -0.582. The molecule has 0 bridgehead atoms. The lowest BCUT2D eigenvalue weighted by Crippen LogP contribution is -2.29. The van der Waals surface area contributed by atoms with Gasteiger partial charge in [-0.05, 0) is 6.42 Å². The Hall–Kier alpha value is -0.410. The van der Waals surface area contributed by atoms with E-state index < -0.39 is 5.79 Å². The number of hydrogen-bond donors (Lipinski definition) is 0. The topological polar surface area (TPSA) is 35.5 Å². The number of aldehydes is 1. The minimum Gasteiger partial charge on any atom is -0.347 e. The summed E-state index contributed by atoms with van der Waals surface area (Å²) in [4.78, 5) is 10.2. The third-order valence-corrected chi connectivity index (χ3v) is 1.75. The second kappa shape index (κ2) is 3.12. The molecule has 0 spiro atoms. The molecule has 0 aromatic rings. The molecule has 3 heteroatoms. The van der Waals surface area contributed by atoms with E-state index in [-0.39, 0.29) is 0 Å². The molecule has 1 heterocycles. The molecule has 0 N–H and O–H groups in total. The van der Waals surface area contributed by atoms with E-state index in [9.17, 15) is 4.79 Å². The van der Waals surface area contributed by atoms with Gasteiger partial charge in [-0.1, -0.05) is 6.92 Å². The minimum absolute atomic E-state index is 0.351. The van der Waals surface area contributed by atoms with Crippen molar-refractivity contribution in [3.05, 3.63) is 0 Å². The van der Waals surface area contributed by atoms with Crippen molar-refractivity contribution in [2.24, 2.45) is 0 Å². The van der Waals surface area contributed by atoms with E-state index in [1.165, 1.54) is 0 Å². The van der Waals surface area contributed by atoms with Crippen molar-refractivity contribution in [2.75, 3.05) is 13.2 Å². The maximum absolute atomic E-state index is 10.2. The van der Waals surface area contributed by atoms with Crippen LogP contribution < -0.4 is 0 Å². The van der Waals surface area contributed by atoms with Gasteiger partial charge in [0.15, 0.2) is 5.79 Å². The summed E-state index contributed by atoms with van der Waals surface area (Å²) in [6, 6.07) is 0. The molecule has 0 amide bonds. The quantitative estimate of drug-likeness (QED) is 0.548. The van der Waals surface area contributed by atoms with Crippen LogP contribution in [0.3, 0.4) is 0 Å². The second-order valence-corrected chi connectivity index (χ2v) is 2.33. The number of hydrogen-bond acceptors (Lipinski definition) is 3. The lowest BCUT2D eigenvalue weighted by molar-refractivity contribution is -0.165. The van der Waals surface area contributed by atoms with Crippen LogP contribution in [0.15, 0.2) is 0 Å². The van der Waals surface area contributed by atoms with Crippen molar-refractivity contribution in [2.45, 2.75) is 25.6 Å². The number of ether oxygens (including phenoxy) is 2. The Morgan fingerprint density at radius 2 is 2.10 bits per heavy atom. The molecule has 1 aliphatic rings. The predicted molar refractivity (Wildman–Crippen MR) is 35.6 cm³/mol. The average molecular weight is 144 g/mol. The molecule has 0 atom stereocenters. The Morgan fingerprint density at radius 3 is 2.50 bits per heavy atom. The molecule has 0 aliphatic carbocycles. The third kappa shape index (κ3) is 1.36. The summed E-state index contributed by atoms with van der Waals surface area (Å²) in [6.07, 6.45) is 1.93. The van der Waals surface area contributed by atoms with E-state index in [4.69, 9.17) is 9.47 Å². The van der Waals surface area contributed by atoms with Crippen molar-refractivity contribution in [3.8, 4) is 0 Å². The smallest absolute Gasteiger partial charge is 0.174 e. The molecule has 3 nitrogen and oxygen atoms in total. The van der Waals surface area contributed by atoms with E-state index in [0.29, 0.717) is 19.6 Å². The SMILES string of the molecule is CCC1(CC=O)OCCO1. The Morgan fingerprint density at radius 1 is 1.50 bits per heavy atom. The van der Waals surface area contributed by atoms with Crippen LogP contribution in [0.4, 0.5) is 0 Å². The van der Waals surface area contributed by atoms with E-state index in [0.717, 1.165) is 12.7 Å². The van der Waals surface area contributed by atoms with Crippen molar-refractivity contribution < 1.29 is 14.3 Å². The maximum Gasteiger partial charge on any atom is 0.174 e. The molecule has 1 aliphatic heterocycles. The fraction of sp³-hybridized carbons (Fsp3) is 0.857. The fourth-order valence-electron chi connectivity index (χ4n) is 1.09. The molecule has 0 aromatic carbocycles. The maximum atomic E-state index is 10.2. The first-order valence-corrected chi connectivity index (χ1v) is 3.54. The summed E-state index contributed by atoms with van der Waals surface area (Å²) in [7, 11) is 0. The van der Waals surface area contributed by atoms with E-state index in [1.807, 2.05) is 6.92 Å². The van der Waals surface area contributed by atoms with Gasteiger partial charge in [-0.2, -0.15) is 0 Å². The Kier molecular flexibility index (Phi) is 2.40. The molecule has 0 aromatic heterocycles. The van der Waals surface area contributed by atoms with Crippen LogP contribution in [0.25, 0.3) is 0 Å². The standard InChI is InChI=1S/C7H12O3/c1-2-7(3-4-8)9-5-6-10-7/h4H,2-3,5-6H2,1H3. The van der Waals surface area contributed by atoms with Crippen LogP contribution in [0.2, 0.25) is 0 Å². The summed E-state index contributed by atoms with van der Waals surface area (Å²) >= 11 is 0. The van der Waals surface area contributed by atoms with Crippen LogP contribution >= 0.6 is 0 Å². The number of rotatable bonds is 3. The van der Waals surface area contributed by atoms with Gasteiger partial charge in [-0.25, -0.2) is 0 Å². The van der Waals surface area contributed by atoms with E-state index in [2.05, 4.69) is 0 Å². The highest BCUT2D eigenvalue weighted by Crippen LogP contribution is 2.25. The zero-order valence-electron chi connectivity index (χ0n) is 6.13. The molecular weight excluding hydrogens is 132 g/mol. The Bertz CT molecular complexity index is 116. The first-order valence-electron chi connectivity index (χ1n) is 3.54. The monoisotopic (exact) mass is 144 g/mol. The van der Waals surface area contributed by atoms with Gasteiger partial charge in [0.05, 0.1) is 19.6 Å². The van der Waals surface area contributed by atoms with E-state index in [1.54, 1.807) is 0 Å². The second-order valence-electron chi connectivity index (χ2n) is 2.33. The van der Waals surface area contributed by atoms with Gasteiger partial charge >= 0.3 is 0 Å². The molecule has 0 saturated carbocycles. The zero-order valence-corrected chi connectivity index (χ0v) is 6.13. The third-order valence-electron chi connectivity index (χ3n) is 1.75. The first kappa shape index (κ1) is 7.69. The summed E-state index contributed by atoms with van der Waals surface area (Å²) < 4.78 is 10.6. The molecular formula is C7H12O3. The lowest BCUT2D eigenvalue weighted by Gasteiger charge is -2.22. The lowest BCUT2D eigenvalue weighted by atomic mass is 10.1. The minimum atomic E-state index is -0.582. The number of carbonyl (C=O) groups excluding carboxylic acids is 1. The predicted octanol–water partition coefficient (Wildman–Crippen LogP) is 0.728. The molecule has 58 valence electrons. The largest absolute Gasteiger partial charge is 0.347 e. The Labute approximate surface area is 60.3 Å². The molecule has 0 unspecified atom stereocenters. The van der Waals surface area contributed by atoms with Crippen molar-refractivity contribution in [1.29, 1.82) is 0 Å². The van der Waals surface area contributed by atoms with Crippen LogP contribution in [-0.2, 0) is 14.3 Å². The highest BCUT2D eigenvalue weighted by Gasteiger charge is 2.33. The van der Waals surface area contributed by atoms with Crippen LogP contribution in [0, 0.1) is 0 Å². The van der Waals surface area contributed by atoms with Gasteiger partial charge in [0, 0.05) is 0 Å². The van der Waals surface area contributed by atoms with Crippen molar-refractivity contribution in [3.63, 3.8) is 0 Å². The van der Waals surface area contributed by atoms with Gasteiger partial charge in [0.25, 0.3) is 0 Å². The van der Waals surface area contributed by atoms with Gasteiger partial charge in [-0.3, -0.25) is 0 Å². The first-order chi connectivity index (χ1) is 4.83. The Balaban J connectivity index is 2.48. The molecule has 1 fully saturated rings. The van der Waals surface area contributed by atoms with Crippen LogP contribution in [0.5, 0.6) is 0 Å². The molecule has 0 radical (unpaired) electrons. The average Bonchev–Trinajstić information content (AvgIpc) is 2.39. The zero-order chi connectivity index (χ0) is 7.45. The summed E-state index contributed by atoms with van der Waals surface area (Å²) in [6.45, 7) is 3.18. The van der Waals surface area contributed by atoms with Gasteiger partial charge in [0.2, 0.25) is 0 Å². The van der Waals surface area contributed by atoms with Crippen molar-refractivity contribution >= 4 is 6.29 Å². The van der Waals surface area contributed by atoms with Crippen molar-refractivity contribution in [1.82, 2.24) is 0 Å². The van der Waals surface area contributed by atoms with Crippen LogP contribution in [-0.4, -0.2) is 25.3 Å². The fourth-order valence-corrected chi connectivity index (χ4v) is 1.09. The van der Waals surface area contributed by atoms with Gasteiger partial charge in [0.1, 0.15) is 6.29 Å². The molecule has 1 rings (SSSR count). The summed E-state index contributed by atoms with van der Waals surface area (Å²) in [5.41, 5.74) is 0.